The van der Waals surface area contributed by atoms with Crippen molar-refractivity contribution in [1.29, 1.82) is 0 Å². The van der Waals surface area contributed by atoms with Crippen LogP contribution in [0.25, 0.3) is 0 Å². The van der Waals surface area contributed by atoms with Crippen LogP contribution < -0.4 is 15.4 Å². The molecule has 158 valence electrons. The molecule has 0 aromatic carbocycles. The van der Waals surface area contributed by atoms with Crippen LogP contribution in [0.4, 0.5) is 0 Å². The number of pyridine rings is 1. The van der Waals surface area contributed by atoms with Crippen molar-refractivity contribution < 1.29 is 9.47 Å². The van der Waals surface area contributed by atoms with Crippen LogP contribution in [0.2, 0.25) is 0 Å². The monoisotopic (exact) mass is 503 g/mol. The van der Waals surface area contributed by atoms with E-state index in [1.165, 1.54) is 32.1 Å². The Bertz CT molecular complexity index is 616. The first-order chi connectivity index (χ1) is 13.3. The maximum atomic E-state index is 5.57. The molecule has 8 heteroatoms. The van der Waals surface area contributed by atoms with E-state index < -0.39 is 0 Å². The molecule has 2 N–H and O–H groups in total. The first kappa shape index (κ1) is 23.2. The number of rotatable bonds is 6. The Kier molecular flexibility index (Phi) is 9.73. The van der Waals surface area contributed by atoms with Crippen molar-refractivity contribution in [2.45, 2.75) is 44.2 Å². The molecule has 1 aromatic rings. The molecule has 1 aliphatic heterocycles. The average molecular weight is 503 g/mol. The third-order valence-electron chi connectivity index (χ3n) is 5.70. The Hall–Kier alpha value is -1.13. The first-order valence-corrected chi connectivity index (χ1v) is 10.0. The molecule has 2 aliphatic rings. The third-order valence-corrected chi connectivity index (χ3v) is 5.70. The van der Waals surface area contributed by atoms with E-state index >= 15 is 0 Å². The van der Waals surface area contributed by atoms with Gasteiger partial charge >= 0.3 is 0 Å². The van der Waals surface area contributed by atoms with Crippen molar-refractivity contribution in [3.05, 3.63) is 23.9 Å². The molecule has 0 unspecified atom stereocenters. The van der Waals surface area contributed by atoms with Gasteiger partial charge in [-0.1, -0.05) is 25.3 Å². The second-order valence-electron chi connectivity index (χ2n) is 7.34. The van der Waals surface area contributed by atoms with Crippen LogP contribution in [0.15, 0.2) is 23.2 Å². The van der Waals surface area contributed by atoms with E-state index in [9.17, 15) is 0 Å². The van der Waals surface area contributed by atoms with E-state index in [1.807, 2.05) is 25.2 Å². The molecular formula is C20H34IN5O2. The minimum Gasteiger partial charge on any atom is -0.481 e. The molecule has 2 heterocycles. The van der Waals surface area contributed by atoms with Crippen LogP contribution >= 0.6 is 24.0 Å². The zero-order valence-corrected chi connectivity index (χ0v) is 19.4. The Balaban J connectivity index is 0.00000280. The van der Waals surface area contributed by atoms with Gasteiger partial charge in [0.2, 0.25) is 5.88 Å². The predicted octanol–water partition coefficient (Wildman–Crippen LogP) is 2.41. The second-order valence-corrected chi connectivity index (χ2v) is 7.34. The summed E-state index contributed by atoms with van der Waals surface area (Å²) in [5, 5.41) is 6.95. The topological polar surface area (TPSA) is 71.0 Å². The first-order valence-electron chi connectivity index (χ1n) is 10.0. The minimum absolute atomic E-state index is 0. The smallest absolute Gasteiger partial charge is 0.213 e. The Morgan fingerprint density at radius 3 is 2.64 bits per heavy atom. The molecular weight excluding hydrogens is 469 g/mol. The van der Waals surface area contributed by atoms with Crippen molar-refractivity contribution in [2.24, 2.45) is 4.99 Å². The fraction of sp³-hybridized carbons (Fsp3) is 0.700. The molecule has 1 aliphatic carbocycles. The molecule has 0 bridgehead atoms. The standard InChI is InChI=1S/C20H33N5O2.HI/c1-21-19(22-15-17-7-6-8-18(24-17)26-2)23-16-20(9-4-3-5-10-20)25-11-13-27-14-12-25;/h6-8H,3-5,9-16H2,1-2H3,(H2,21,22,23);1H. The van der Waals surface area contributed by atoms with Gasteiger partial charge in [0.15, 0.2) is 5.96 Å². The minimum atomic E-state index is 0. The zero-order valence-electron chi connectivity index (χ0n) is 17.1. The largest absolute Gasteiger partial charge is 0.481 e. The van der Waals surface area contributed by atoms with Gasteiger partial charge in [-0.2, -0.15) is 0 Å². The lowest BCUT2D eigenvalue weighted by atomic mass is 9.80. The van der Waals surface area contributed by atoms with Gasteiger partial charge in [0, 0.05) is 38.3 Å². The van der Waals surface area contributed by atoms with Crippen LogP contribution in [0.3, 0.4) is 0 Å². The fourth-order valence-corrected chi connectivity index (χ4v) is 4.17. The van der Waals surface area contributed by atoms with E-state index in [2.05, 4.69) is 25.5 Å². The molecule has 1 aromatic heterocycles. The van der Waals surface area contributed by atoms with Gasteiger partial charge < -0.3 is 20.1 Å². The third kappa shape index (κ3) is 6.18. The summed E-state index contributed by atoms with van der Waals surface area (Å²) < 4.78 is 10.8. The molecule has 0 atom stereocenters. The van der Waals surface area contributed by atoms with Crippen molar-refractivity contribution in [2.75, 3.05) is 47.0 Å². The number of morpholine rings is 1. The highest BCUT2D eigenvalue weighted by molar-refractivity contribution is 14.0. The normalized spacial score (nSPS) is 20.1. The molecule has 1 saturated heterocycles. The van der Waals surface area contributed by atoms with Gasteiger partial charge in [-0.05, 0) is 18.9 Å². The quantitative estimate of drug-likeness (QED) is 0.353. The van der Waals surface area contributed by atoms with Gasteiger partial charge in [-0.15, -0.1) is 24.0 Å². The molecule has 0 radical (unpaired) electrons. The molecule has 28 heavy (non-hydrogen) atoms. The van der Waals surface area contributed by atoms with Gasteiger partial charge in [0.25, 0.3) is 0 Å². The number of aliphatic imine (C=N–C) groups is 1. The molecule has 7 nitrogen and oxygen atoms in total. The van der Waals surface area contributed by atoms with Gasteiger partial charge in [-0.25, -0.2) is 4.98 Å². The second kappa shape index (κ2) is 11.8. The van der Waals surface area contributed by atoms with Crippen LogP contribution in [-0.2, 0) is 11.3 Å². The summed E-state index contributed by atoms with van der Waals surface area (Å²) in [6.45, 7) is 5.27. The van der Waals surface area contributed by atoms with Crippen molar-refractivity contribution in [3.63, 3.8) is 0 Å². The van der Waals surface area contributed by atoms with Crippen LogP contribution in [0, 0.1) is 0 Å². The van der Waals surface area contributed by atoms with E-state index in [0.717, 1.165) is 44.5 Å². The van der Waals surface area contributed by atoms with Crippen molar-refractivity contribution in [3.8, 4) is 5.88 Å². The number of hydrogen-bond donors (Lipinski definition) is 2. The van der Waals surface area contributed by atoms with E-state index in [1.54, 1.807) is 7.11 Å². The van der Waals surface area contributed by atoms with E-state index in [-0.39, 0.29) is 29.5 Å². The van der Waals surface area contributed by atoms with Gasteiger partial charge in [-0.3, -0.25) is 9.89 Å². The van der Waals surface area contributed by atoms with Crippen LogP contribution in [-0.4, -0.2) is 68.4 Å². The number of nitrogens with zero attached hydrogens (tertiary/aromatic N) is 3. The maximum Gasteiger partial charge on any atom is 0.213 e. The number of methoxy groups -OCH3 is 1. The number of halogens is 1. The summed E-state index contributed by atoms with van der Waals surface area (Å²) in [4.78, 5) is 11.5. The van der Waals surface area contributed by atoms with Crippen molar-refractivity contribution in [1.82, 2.24) is 20.5 Å². The summed E-state index contributed by atoms with van der Waals surface area (Å²) in [6.07, 6.45) is 6.45. The maximum absolute atomic E-state index is 5.57. The van der Waals surface area contributed by atoms with E-state index in [0.29, 0.717) is 12.4 Å². The lowest BCUT2D eigenvalue weighted by Crippen LogP contribution is -2.60. The lowest BCUT2D eigenvalue weighted by molar-refractivity contribution is -0.0352. The summed E-state index contributed by atoms with van der Waals surface area (Å²) in [7, 11) is 3.45. The molecule has 0 spiro atoms. The van der Waals surface area contributed by atoms with E-state index in [4.69, 9.17) is 9.47 Å². The Morgan fingerprint density at radius 1 is 1.21 bits per heavy atom. The Labute approximate surface area is 185 Å². The fourth-order valence-electron chi connectivity index (χ4n) is 4.17. The Morgan fingerprint density at radius 2 is 1.96 bits per heavy atom. The molecule has 0 amide bonds. The zero-order chi connectivity index (χ0) is 19.0. The summed E-state index contributed by atoms with van der Waals surface area (Å²) >= 11 is 0. The summed E-state index contributed by atoms with van der Waals surface area (Å²) in [5.41, 5.74) is 1.14. The molecule has 1 saturated carbocycles. The molecule has 2 fully saturated rings. The number of hydrogen-bond acceptors (Lipinski definition) is 5. The summed E-state index contributed by atoms with van der Waals surface area (Å²) in [6, 6.07) is 5.79. The van der Waals surface area contributed by atoms with Crippen LogP contribution in [0.5, 0.6) is 5.88 Å². The van der Waals surface area contributed by atoms with Crippen molar-refractivity contribution >= 4 is 29.9 Å². The SMILES string of the molecule is CN=C(NCc1cccc(OC)n1)NCC1(N2CCOCC2)CCCCC1.I. The lowest BCUT2D eigenvalue weighted by Gasteiger charge is -2.48. The number of ether oxygens (including phenoxy) is 2. The number of aromatic nitrogens is 1. The number of guanidine groups is 1. The van der Waals surface area contributed by atoms with Gasteiger partial charge in [0.1, 0.15) is 0 Å². The number of nitrogens with one attached hydrogen (secondary N) is 2. The highest BCUT2D eigenvalue weighted by Gasteiger charge is 2.38. The van der Waals surface area contributed by atoms with Crippen LogP contribution in [0.1, 0.15) is 37.8 Å². The highest BCUT2D eigenvalue weighted by atomic mass is 127. The van der Waals surface area contributed by atoms with Gasteiger partial charge in [0.05, 0.1) is 32.6 Å². The molecule has 3 rings (SSSR count). The summed E-state index contributed by atoms with van der Waals surface area (Å²) in [5.74, 6) is 1.45. The highest BCUT2D eigenvalue weighted by Crippen LogP contribution is 2.33. The predicted molar refractivity (Wildman–Crippen MR) is 123 cm³/mol. The average Bonchev–Trinajstić information content (AvgIpc) is 2.75.